The fourth-order valence-corrected chi connectivity index (χ4v) is 1.48. The molecule has 0 heterocycles. The van der Waals surface area contributed by atoms with Crippen molar-refractivity contribution < 1.29 is 14.8 Å². The van der Waals surface area contributed by atoms with E-state index in [-0.39, 0.29) is 10.9 Å². The molecular formula is C9H5BrN2O4. The number of nitro groups is 1. The molecule has 7 heteroatoms. The highest BCUT2D eigenvalue weighted by Gasteiger charge is 2.25. The van der Waals surface area contributed by atoms with Crippen LogP contribution in [0.25, 0.3) is 0 Å². The Morgan fingerprint density at radius 3 is 2.69 bits per heavy atom. The van der Waals surface area contributed by atoms with Crippen molar-refractivity contribution in [3.8, 4) is 11.8 Å². The van der Waals surface area contributed by atoms with E-state index in [0.29, 0.717) is 0 Å². The zero-order chi connectivity index (χ0) is 12.3. The number of phenolic OH excluding ortho intramolecular Hbond substituents is 1. The van der Waals surface area contributed by atoms with Crippen LogP contribution in [0.15, 0.2) is 12.1 Å². The van der Waals surface area contributed by atoms with Gasteiger partial charge in [0.2, 0.25) is 0 Å². The average molecular weight is 285 g/mol. The first-order valence-electron chi connectivity index (χ1n) is 4.02. The standard InChI is InChI=1S/C9H5BrN2O4/c10-3-8(14)5-1-2-7(13)9(12(15)16)6(5)4-11/h1-2,13H,3H2. The number of aromatic hydroxyl groups is 1. The van der Waals surface area contributed by atoms with E-state index in [2.05, 4.69) is 15.9 Å². The monoisotopic (exact) mass is 284 g/mol. The van der Waals surface area contributed by atoms with Gasteiger partial charge in [0.05, 0.1) is 10.3 Å². The molecule has 0 aromatic heterocycles. The van der Waals surface area contributed by atoms with Crippen LogP contribution in [-0.2, 0) is 0 Å². The Balaban J connectivity index is 3.57. The quantitative estimate of drug-likeness (QED) is 0.394. The van der Waals surface area contributed by atoms with Crippen molar-refractivity contribution in [3.63, 3.8) is 0 Å². The van der Waals surface area contributed by atoms with E-state index >= 15 is 0 Å². The first-order valence-corrected chi connectivity index (χ1v) is 5.14. The van der Waals surface area contributed by atoms with E-state index < -0.39 is 27.7 Å². The molecule has 0 aliphatic heterocycles. The lowest BCUT2D eigenvalue weighted by molar-refractivity contribution is -0.386. The lowest BCUT2D eigenvalue weighted by Gasteiger charge is -2.03. The fraction of sp³-hybridized carbons (Fsp3) is 0.111. The molecule has 0 aliphatic rings. The first kappa shape index (κ1) is 12.1. The van der Waals surface area contributed by atoms with Gasteiger partial charge in [-0.2, -0.15) is 5.26 Å². The Kier molecular flexibility index (Phi) is 3.58. The smallest absolute Gasteiger partial charge is 0.329 e. The molecule has 1 aromatic carbocycles. The minimum absolute atomic E-state index is 0.0520. The van der Waals surface area contributed by atoms with Crippen LogP contribution in [0.1, 0.15) is 15.9 Å². The summed E-state index contributed by atoms with van der Waals surface area (Å²) < 4.78 is 0. The maximum atomic E-state index is 11.4. The van der Waals surface area contributed by atoms with Gasteiger partial charge in [0.1, 0.15) is 11.6 Å². The number of carbonyl (C=O) groups excluding carboxylic acids is 1. The Labute approximate surface area is 98.4 Å². The van der Waals surface area contributed by atoms with Crippen LogP contribution in [0.3, 0.4) is 0 Å². The number of rotatable bonds is 3. The van der Waals surface area contributed by atoms with Gasteiger partial charge in [0.25, 0.3) is 0 Å². The molecule has 0 fully saturated rings. The van der Waals surface area contributed by atoms with E-state index in [1.165, 1.54) is 6.07 Å². The lowest BCUT2D eigenvalue weighted by atomic mass is 10.0. The number of halogens is 1. The molecule has 0 aliphatic carbocycles. The minimum Gasteiger partial charge on any atom is -0.502 e. The van der Waals surface area contributed by atoms with Crippen LogP contribution >= 0.6 is 15.9 Å². The molecule has 1 N–H and O–H groups in total. The summed E-state index contributed by atoms with van der Waals surface area (Å²) in [6, 6.07) is 3.77. The predicted octanol–water partition coefficient (Wildman–Crippen LogP) is 1.75. The number of nitriles is 1. The Bertz CT molecular complexity index is 507. The third-order valence-corrected chi connectivity index (χ3v) is 2.38. The van der Waals surface area contributed by atoms with Gasteiger partial charge in [-0.25, -0.2) is 0 Å². The molecule has 0 radical (unpaired) electrons. The molecule has 0 amide bonds. The largest absolute Gasteiger partial charge is 0.502 e. The molecule has 6 nitrogen and oxygen atoms in total. The van der Waals surface area contributed by atoms with E-state index in [1.807, 2.05) is 0 Å². The molecule has 1 rings (SSSR count). The van der Waals surface area contributed by atoms with E-state index in [4.69, 9.17) is 5.26 Å². The number of hydrogen-bond donors (Lipinski definition) is 1. The van der Waals surface area contributed by atoms with Gasteiger partial charge < -0.3 is 5.11 Å². The zero-order valence-electron chi connectivity index (χ0n) is 7.81. The zero-order valence-corrected chi connectivity index (χ0v) is 9.39. The maximum Gasteiger partial charge on any atom is 0.329 e. The second-order valence-corrected chi connectivity index (χ2v) is 3.34. The van der Waals surface area contributed by atoms with Gasteiger partial charge in [0.15, 0.2) is 11.5 Å². The van der Waals surface area contributed by atoms with Crippen molar-refractivity contribution in [3.05, 3.63) is 33.4 Å². The number of carbonyl (C=O) groups is 1. The van der Waals surface area contributed by atoms with Crippen molar-refractivity contribution in [2.75, 3.05) is 5.33 Å². The van der Waals surface area contributed by atoms with E-state index in [0.717, 1.165) is 6.07 Å². The van der Waals surface area contributed by atoms with Gasteiger partial charge >= 0.3 is 5.69 Å². The fourth-order valence-electron chi connectivity index (χ4n) is 1.18. The molecule has 1 aromatic rings. The van der Waals surface area contributed by atoms with Crippen LogP contribution in [0.5, 0.6) is 5.75 Å². The molecule has 0 saturated carbocycles. The minimum atomic E-state index is -0.890. The van der Waals surface area contributed by atoms with Crippen LogP contribution in [0, 0.1) is 21.4 Å². The summed E-state index contributed by atoms with van der Waals surface area (Å²) in [4.78, 5) is 21.1. The van der Waals surface area contributed by atoms with Crippen molar-refractivity contribution >= 4 is 27.4 Å². The summed E-state index contributed by atoms with van der Waals surface area (Å²) in [5, 5.41) is 28.6. The number of nitro benzene ring substituents is 1. The van der Waals surface area contributed by atoms with Gasteiger partial charge in [-0.15, -0.1) is 0 Å². The van der Waals surface area contributed by atoms with Crippen molar-refractivity contribution in [1.82, 2.24) is 0 Å². The first-order chi connectivity index (χ1) is 7.52. The number of ketones is 1. The summed E-state index contributed by atoms with van der Waals surface area (Å²) >= 11 is 2.90. The van der Waals surface area contributed by atoms with Crippen LogP contribution in [0.2, 0.25) is 0 Å². The van der Waals surface area contributed by atoms with Crippen LogP contribution in [-0.4, -0.2) is 21.1 Å². The Morgan fingerprint density at radius 1 is 1.62 bits per heavy atom. The van der Waals surface area contributed by atoms with E-state index in [9.17, 15) is 20.0 Å². The molecular weight excluding hydrogens is 280 g/mol. The number of Topliss-reactive ketones (excluding diaryl/α,β-unsaturated/α-hetero) is 1. The summed E-state index contributed by atoms with van der Waals surface area (Å²) in [6.07, 6.45) is 0. The summed E-state index contributed by atoms with van der Waals surface area (Å²) in [5.74, 6) is -1.09. The predicted molar refractivity (Wildman–Crippen MR) is 57.6 cm³/mol. The normalized spacial score (nSPS) is 9.50. The number of alkyl halides is 1. The Morgan fingerprint density at radius 2 is 2.25 bits per heavy atom. The van der Waals surface area contributed by atoms with E-state index in [1.54, 1.807) is 6.07 Å². The number of hydrogen-bond acceptors (Lipinski definition) is 5. The third-order valence-electron chi connectivity index (χ3n) is 1.87. The molecule has 16 heavy (non-hydrogen) atoms. The van der Waals surface area contributed by atoms with Crippen molar-refractivity contribution in [1.29, 1.82) is 5.26 Å². The average Bonchev–Trinajstić information content (AvgIpc) is 2.26. The second kappa shape index (κ2) is 4.72. The van der Waals surface area contributed by atoms with Gasteiger partial charge in [-0.1, -0.05) is 15.9 Å². The highest BCUT2D eigenvalue weighted by molar-refractivity contribution is 9.09. The molecule has 0 unspecified atom stereocenters. The maximum absolute atomic E-state index is 11.4. The Hall–Kier alpha value is -1.94. The van der Waals surface area contributed by atoms with Crippen LogP contribution < -0.4 is 0 Å². The van der Waals surface area contributed by atoms with Gasteiger partial charge in [0, 0.05) is 5.56 Å². The summed E-state index contributed by atoms with van der Waals surface area (Å²) in [5.41, 5.74) is -1.24. The molecule has 82 valence electrons. The van der Waals surface area contributed by atoms with Gasteiger partial charge in [-0.3, -0.25) is 14.9 Å². The third kappa shape index (κ3) is 2.01. The van der Waals surface area contributed by atoms with Crippen molar-refractivity contribution in [2.45, 2.75) is 0 Å². The molecule has 0 bridgehead atoms. The number of phenols is 1. The molecule has 0 saturated heterocycles. The number of nitrogens with zero attached hydrogens (tertiary/aromatic N) is 2. The lowest BCUT2D eigenvalue weighted by Crippen LogP contribution is -2.05. The van der Waals surface area contributed by atoms with Crippen LogP contribution in [0.4, 0.5) is 5.69 Å². The van der Waals surface area contributed by atoms with Crippen molar-refractivity contribution in [2.24, 2.45) is 0 Å². The molecule has 0 atom stereocenters. The second-order valence-electron chi connectivity index (χ2n) is 2.78. The van der Waals surface area contributed by atoms with Gasteiger partial charge in [-0.05, 0) is 12.1 Å². The topological polar surface area (TPSA) is 104 Å². The SMILES string of the molecule is N#Cc1c(C(=O)CBr)ccc(O)c1[N+](=O)[O-]. The summed E-state index contributed by atoms with van der Waals surface area (Å²) in [6.45, 7) is 0. The number of benzene rings is 1. The molecule has 0 spiro atoms. The summed E-state index contributed by atoms with van der Waals surface area (Å²) in [7, 11) is 0. The highest BCUT2D eigenvalue weighted by atomic mass is 79.9. The highest BCUT2D eigenvalue weighted by Crippen LogP contribution is 2.32.